The predicted molar refractivity (Wildman–Crippen MR) is 78.4 cm³/mol. The predicted octanol–water partition coefficient (Wildman–Crippen LogP) is 3.08. The van der Waals surface area contributed by atoms with Crippen LogP contribution in [0.5, 0.6) is 5.75 Å². The summed E-state index contributed by atoms with van der Waals surface area (Å²) >= 11 is 0. The van der Waals surface area contributed by atoms with Crippen molar-refractivity contribution in [2.24, 2.45) is 5.92 Å². The number of hydrogen-bond donors (Lipinski definition) is 1. The number of nitro benzene ring substituents is 1. The number of nitrogens with zero attached hydrogens (tertiary/aromatic N) is 1. The van der Waals surface area contributed by atoms with E-state index in [9.17, 15) is 10.1 Å². The molecule has 0 fully saturated rings. The molecule has 0 bridgehead atoms. The third-order valence-electron chi connectivity index (χ3n) is 2.63. The Kier molecular flexibility index (Phi) is 6.79. The quantitative estimate of drug-likeness (QED) is 0.428. The van der Waals surface area contributed by atoms with Crippen molar-refractivity contribution < 1.29 is 14.4 Å². The molecular formula is C14H22N2O4. The van der Waals surface area contributed by atoms with E-state index in [1.807, 2.05) is 0 Å². The molecule has 0 aliphatic carbocycles. The van der Waals surface area contributed by atoms with Crippen LogP contribution in [0.3, 0.4) is 0 Å². The number of para-hydroxylation sites is 1. The van der Waals surface area contributed by atoms with Gasteiger partial charge in [0.05, 0.1) is 12.0 Å². The summed E-state index contributed by atoms with van der Waals surface area (Å²) in [6.07, 6.45) is 0.793. The van der Waals surface area contributed by atoms with Gasteiger partial charge in [-0.25, -0.2) is 0 Å². The first kappa shape index (κ1) is 16.2. The highest BCUT2D eigenvalue weighted by Gasteiger charge is 2.19. The molecule has 0 aliphatic heterocycles. The van der Waals surface area contributed by atoms with E-state index in [4.69, 9.17) is 9.47 Å². The van der Waals surface area contributed by atoms with Crippen molar-refractivity contribution in [2.75, 3.05) is 32.2 Å². The Morgan fingerprint density at radius 2 is 2.15 bits per heavy atom. The SMILES string of the molecule is COc1cccc(NCCCOCC(C)C)c1[N+](=O)[O-]. The lowest BCUT2D eigenvalue weighted by Gasteiger charge is -2.10. The normalized spacial score (nSPS) is 10.6. The first-order valence-electron chi connectivity index (χ1n) is 6.69. The van der Waals surface area contributed by atoms with Crippen LogP contribution in [0.1, 0.15) is 20.3 Å². The smallest absolute Gasteiger partial charge is 0.333 e. The summed E-state index contributed by atoms with van der Waals surface area (Å²) in [5.74, 6) is 0.776. The summed E-state index contributed by atoms with van der Waals surface area (Å²) in [6, 6.07) is 4.98. The first-order valence-corrected chi connectivity index (χ1v) is 6.69. The molecule has 20 heavy (non-hydrogen) atoms. The minimum Gasteiger partial charge on any atom is -0.490 e. The van der Waals surface area contributed by atoms with Crippen LogP contribution in [-0.2, 0) is 4.74 Å². The third-order valence-corrected chi connectivity index (χ3v) is 2.63. The fourth-order valence-electron chi connectivity index (χ4n) is 1.73. The second-order valence-corrected chi connectivity index (χ2v) is 4.86. The van der Waals surface area contributed by atoms with Crippen LogP contribution in [0.2, 0.25) is 0 Å². The van der Waals surface area contributed by atoms with Crippen LogP contribution >= 0.6 is 0 Å². The fourth-order valence-corrected chi connectivity index (χ4v) is 1.73. The second kappa shape index (κ2) is 8.37. The molecule has 1 aromatic rings. The molecule has 1 aromatic carbocycles. The lowest BCUT2D eigenvalue weighted by molar-refractivity contribution is -0.384. The molecule has 1 rings (SSSR count). The number of nitrogens with one attached hydrogen (secondary N) is 1. The van der Waals surface area contributed by atoms with Gasteiger partial charge in [0.2, 0.25) is 0 Å². The topological polar surface area (TPSA) is 73.6 Å². The number of hydrogen-bond acceptors (Lipinski definition) is 5. The second-order valence-electron chi connectivity index (χ2n) is 4.86. The first-order chi connectivity index (χ1) is 9.56. The molecule has 0 heterocycles. The molecule has 0 aliphatic rings. The zero-order chi connectivity index (χ0) is 15.0. The molecule has 0 radical (unpaired) electrons. The highest BCUT2D eigenvalue weighted by atomic mass is 16.6. The summed E-state index contributed by atoms with van der Waals surface area (Å²) in [4.78, 5) is 10.6. The number of rotatable bonds is 9. The highest BCUT2D eigenvalue weighted by Crippen LogP contribution is 2.34. The van der Waals surface area contributed by atoms with Crippen molar-refractivity contribution in [2.45, 2.75) is 20.3 Å². The van der Waals surface area contributed by atoms with Gasteiger partial charge in [-0.2, -0.15) is 0 Å². The number of anilines is 1. The standard InChI is InChI=1S/C14H22N2O4/c1-11(2)10-20-9-5-8-15-12-6-4-7-13(19-3)14(12)16(17)18/h4,6-7,11,15H,5,8-10H2,1-3H3. The molecule has 0 saturated heterocycles. The van der Waals surface area contributed by atoms with Crippen LogP contribution in [0.15, 0.2) is 18.2 Å². The maximum Gasteiger partial charge on any atom is 0.333 e. The number of benzene rings is 1. The number of ether oxygens (including phenoxy) is 2. The minimum atomic E-state index is -0.434. The van der Waals surface area contributed by atoms with Crippen molar-refractivity contribution in [1.29, 1.82) is 0 Å². The van der Waals surface area contributed by atoms with E-state index >= 15 is 0 Å². The van der Waals surface area contributed by atoms with E-state index < -0.39 is 4.92 Å². The van der Waals surface area contributed by atoms with Gasteiger partial charge < -0.3 is 14.8 Å². The van der Waals surface area contributed by atoms with Gasteiger partial charge >= 0.3 is 5.69 Å². The Morgan fingerprint density at radius 1 is 1.40 bits per heavy atom. The summed E-state index contributed by atoms with van der Waals surface area (Å²) in [5.41, 5.74) is 0.441. The van der Waals surface area contributed by atoms with E-state index in [0.717, 1.165) is 13.0 Å². The molecule has 0 atom stereocenters. The van der Waals surface area contributed by atoms with Crippen molar-refractivity contribution >= 4 is 11.4 Å². The minimum absolute atomic E-state index is 0.0295. The monoisotopic (exact) mass is 282 g/mol. The van der Waals surface area contributed by atoms with Gasteiger partial charge in [-0.1, -0.05) is 19.9 Å². The molecule has 6 heteroatoms. The van der Waals surface area contributed by atoms with E-state index in [2.05, 4.69) is 19.2 Å². The fraction of sp³-hybridized carbons (Fsp3) is 0.571. The van der Waals surface area contributed by atoms with Crippen molar-refractivity contribution in [3.05, 3.63) is 28.3 Å². The average Bonchev–Trinajstić information content (AvgIpc) is 2.41. The number of nitro groups is 1. The van der Waals surface area contributed by atoms with Gasteiger partial charge in [0.15, 0.2) is 5.75 Å². The van der Waals surface area contributed by atoms with E-state index in [-0.39, 0.29) is 11.4 Å². The zero-order valence-corrected chi connectivity index (χ0v) is 12.2. The van der Waals surface area contributed by atoms with Gasteiger partial charge in [-0.15, -0.1) is 0 Å². The van der Waals surface area contributed by atoms with Crippen molar-refractivity contribution in [3.63, 3.8) is 0 Å². The number of methoxy groups -OCH3 is 1. The third kappa shape index (κ3) is 5.05. The summed E-state index contributed by atoms with van der Waals surface area (Å²) in [5, 5.41) is 14.1. The van der Waals surface area contributed by atoms with Crippen LogP contribution in [0.25, 0.3) is 0 Å². The molecule has 0 amide bonds. The largest absolute Gasteiger partial charge is 0.490 e. The van der Waals surface area contributed by atoms with Crippen LogP contribution in [0.4, 0.5) is 11.4 Å². The molecule has 0 spiro atoms. The Morgan fingerprint density at radius 3 is 2.75 bits per heavy atom. The molecular weight excluding hydrogens is 260 g/mol. The van der Waals surface area contributed by atoms with E-state index in [0.29, 0.717) is 24.8 Å². The van der Waals surface area contributed by atoms with Gasteiger partial charge in [0, 0.05) is 19.8 Å². The summed E-state index contributed by atoms with van der Waals surface area (Å²) < 4.78 is 10.5. The van der Waals surface area contributed by atoms with Gasteiger partial charge in [-0.3, -0.25) is 10.1 Å². The molecule has 0 aromatic heterocycles. The van der Waals surface area contributed by atoms with Crippen LogP contribution in [0, 0.1) is 16.0 Å². The van der Waals surface area contributed by atoms with E-state index in [1.54, 1.807) is 18.2 Å². The average molecular weight is 282 g/mol. The molecule has 0 unspecified atom stereocenters. The van der Waals surface area contributed by atoms with Crippen LogP contribution in [-0.4, -0.2) is 31.8 Å². The highest BCUT2D eigenvalue weighted by molar-refractivity contribution is 5.68. The zero-order valence-electron chi connectivity index (χ0n) is 12.2. The summed E-state index contributed by atoms with van der Waals surface area (Å²) in [7, 11) is 1.42. The van der Waals surface area contributed by atoms with Gasteiger partial charge in [0.1, 0.15) is 5.69 Å². The Hall–Kier alpha value is -1.82. The Balaban J connectivity index is 2.49. The lowest BCUT2D eigenvalue weighted by atomic mass is 10.2. The Labute approximate surface area is 119 Å². The molecule has 1 N–H and O–H groups in total. The van der Waals surface area contributed by atoms with E-state index in [1.165, 1.54) is 7.11 Å². The van der Waals surface area contributed by atoms with Gasteiger partial charge in [0.25, 0.3) is 0 Å². The Bertz CT molecular complexity index is 435. The molecule has 0 saturated carbocycles. The summed E-state index contributed by atoms with van der Waals surface area (Å²) in [6.45, 7) is 6.18. The van der Waals surface area contributed by atoms with Crippen molar-refractivity contribution in [3.8, 4) is 5.75 Å². The molecule has 112 valence electrons. The van der Waals surface area contributed by atoms with Gasteiger partial charge in [-0.05, 0) is 24.5 Å². The lowest BCUT2D eigenvalue weighted by Crippen LogP contribution is -2.09. The van der Waals surface area contributed by atoms with Crippen LogP contribution < -0.4 is 10.1 Å². The maximum absolute atomic E-state index is 11.1. The van der Waals surface area contributed by atoms with Crippen molar-refractivity contribution in [1.82, 2.24) is 0 Å². The molecule has 6 nitrogen and oxygen atoms in total. The maximum atomic E-state index is 11.1.